The summed E-state index contributed by atoms with van der Waals surface area (Å²) in [4.78, 5) is 25.9. The third-order valence-electron chi connectivity index (χ3n) is 3.46. The van der Waals surface area contributed by atoms with E-state index in [2.05, 4.69) is 17.6 Å². The van der Waals surface area contributed by atoms with Crippen LogP contribution in [0.5, 0.6) is 0 Å². The van der Waals surface area contributed by atoms with E-state index in [1.807, 2.05) is 13.8 Å². The van der Waals surface area contributed by atoms with Gasteiger partial charge in [-0.05, 0) is 51.1 Å². The Kier molecular flexibility index (Phi) is 11.1. The van der Waals surface area contributed by atoms with Crippen LogP contribution in [0.15, 0.2) is 24.3 Å². The van der Waals surface area contributed by atoms with Gasteiger partial charge in [-0.15, -0.1) is 12.4 Å². The Morgan fingerprint density at radius 2 is 1.48 bits per heavy atom. The summed E-state index contributed by atoms with van der Waals surface area (Å²) in [7, 11) is 0. The summed E-state index contributed by atoms with van der Waals surface area (Å²) in [5.74, 6) is -0.110. The lowest BCUT2D eigenvalue weighted by atomic mass is 10.1. The highest BCUT2D eigenvalue weighted by molar-refractivity contribution is 5.97. The topological polar surface area (TPSA) is 61.4 Å². The Bertz CT molecular complexity index is 473. The molecule has 23 heavy (non-hydrogen) atoms. The van der Waals surface area contributed by atoms with Gasteiger partial charge in [0.25, 0.3) is 11.8 Å². The fraction of sp³-hybridized carbons (Fsp3) is 0.529. The van der Waals surface area contributed by atoms with E-state index < -0.39 is 0 Å². The number of carbonyl (C=O) groups excluding carboxylic acids is 2. The molecule has 0 saturated carbocycles. The molecule has 1 aromatic rings. The summed E-state index contributed by atoms with van der Waals surface area (Å²) < 4.78 is 0. The Balaban J connectivity index is 0.00000484. The molecule has 2 N–H and O–H groups in total. The lowest BCUT2D eigenvalue weighted by molar-refractivity contribution is 0.0772. The van der Waals surface area contributed by atoms with Crippen LogP contribution in [0.3, 0.4) is 0 Å². The van der Waals surface area contributed by atoms with Gasteiger partial charge in [0.05, 0.1) is 0 Å². The van der Waals surface area contributed by atoms with Crippen LogP contribution in [0.4, 0.5) is 0 Å². The van der Waals surface area contributed by atoms with Crippen molar-refractivity contribution in [3.8, 4) is 0 Å². The van der Waals surface area contributed by atoms with E-state index in [0.717, 1.165) is 19.5 Å². The van der Waals surface area contributed by atoms with Crippen molar-refractivity contribution in [1.29, 1.82) is 0 Å². The molecule has 1 aromatic carbocycles. The molecule has 0 aromatic heterocycles. The molecule has 5 nitrogen and oxygen atoms in total. The van der Waals surface area contributed by atoms with Crippen LogP contribution in [-0.4, -0.2) is 49.4 Å². The SMILES string of the molecule is CCCNCCNC(=O)c1ccc(C(=O)N(CC)CC)cc1.Cl. The average Bonchev–Trinajstić information content (AvgIpc) is 2.55. The second-order valence-corrected chi connectivity index (χ2v) is 5.06. The maximum absolute atomic E-state index is 12.2. The number of hydrogen-bond acceptors (Lipinski definition) is 3. The number of hydrogen-bond donors (Lipinski definition) is 2. The van der Waals surface area contributed by atoms with Crippen LogP contribution in [0.2, 0.25) is 0 Å². The van der Waals surface area contributed by atoms with Gasteiger partial charge < -0.3 is 15.5 Å². The van der Waals surface area contributed by atoms with Gasteiger partial charge in [0.1, 0.15) is 0 Å². The lowest BCUT2D eigenvalue weighted by Gasteiger charge is -2.18. The van der Waals surface area contributed by atoms with E-state index in [-0.39, 0.29) is 24.2 Å². The van der Waals surface area contributed by atoms with Crippen molar-refractivity contribution >= 4 is 24.2 Å². The summed E-state index contributed by atoms with van der Waals surface area (Å²) in [6, 6.07) is 6.83. The highest BCUT2D eigenvalue weighted by Gasteiger charge is 2.13. The molecule has 2 amide bonds. The average molecular weight is 342 g/mol. The maximum atomic E-state index is 12.2. The van der Waals surface area contributed by atoms with E-state index in [1.165, 1.54) is 0 Å². The van der Waals surface area contributed by atoms with Crippen molar-refractivity contribution in [1.82, 2.24) is 15.5 Å². The first-order chi connectivity index (χ1) is 10.6. The monoisotopic (exact) mass is 341 g/mol. The summed E-state index contributed by atoms with van der Waals surface area (Å²) in [5, 5.41) is 6.08. The zero-order valence-corrected chi connectivity index (χ0v) is 15.0. The highest BCUT2D eigenvalue weighted by atomic mass is 35.5. The van der Waals surface area contributed by atoms with Crippen LogP contribution in [0, 0.1) is 0 Å². The van der Waals surface area contributed by atoms with Gasteiger partial charge in [0.2, 0.25) is 0 Å². The Labute approximate surface area is 145 Å². The quantitative estimate of drug-likeness (QED) is 0.678. The molecule has 0 aliphatic carbocycles. The first kappa shape index (κ1) is 21.4. The number of benzene rings is 1. The van der Waals surface area contributed by atoms with Gasteiger partial charge >= 0.3 is 0 Å². The number of rotatable bonds is 9. The van der Waals surface area contributed by atoms with Gasteiger partial charge in [-0.2, -0.15) is 0 Å². The maximum Gasteiger partial charge on any atom is 0.253 e. The van der Waals surface area contributed by atoms with Crippen molar-refractivity contribution in [3.63, 3.8) is 0 Å². The Morgan fingerprint density at radius 1 is 0.913 bits per heavy atom. The van der Waals surface area contributed by atoms with E-state index in [9.17, 15) is 9.59 Å². The van der Waals surface area contributed by atoms with Crippen molar-refractivity contribution in [2.75, 3.05) is 32.7 Å². The minimum atomic E-state index is -0.111. The molecule has 130 valence electrons. The molecule has 0 aliphatic rings. The van der Waals surface area contributed by atoms with Crippen LogP contribution < -0.4 is 10.6 Å². The van der Waals surface area contributed by atoms with Crippen molar-refractivity contribution < 1.29 is 9.59 Å². The number of nitrogens with zero attached hydrogens (tertiary/aromatic N) is 1. The Morgan fingerprint density at radius 3 is 2.00 bits per heavy atom. The Hall–Kier alpha value is -1.59. The van der Waals surface area contributed by atoms with Gasteiger partial charge in [-0.3, -0.25) is 9.59 Å². The molecule has 0 aliphatic heterocycles. The molecule has 0 fully saturated rings. The van der Waals surface area contributed by atoms with Crippen LogP contribution in [-0.2, 0) is 0 Å². The van der Waals surface area contributed by atoms with E-state index in [1.54, 1.807) is 29.2 Å². The normalized spacial score (nSPS) is 9.87. The van der Waals surface area contributed by atoms with Crippen molar-refractivity contribution in [2.45, 2.75) is 27.2 Å². The molecule has 6 heteroatoms. The second-order valence-electron chi connectivity index (χ2n) is 5.06. The number of amides is 2. The van der Waals surface area contributed by atoms with Crippen LogP contribution in [0.25, 0.3) is 0 Å². The smallest absolute Gasteiger partial charge is 0.253 e. The van der Waals surface area contributed by atoms with E-state index in [0.29, 0.717) is 30.8 Å². The fourth-order valence-electron chi connectivity index (χ4n) is 2.13. The predicted octanol–water partition coefficient (Wildman–Crippen LogP) is 2.32. The van der Waals surface area contributed by atoms with Gasteiger partial charge in [0.15, 0.2) is 0 Å². The molecule has 0 spiro atoms. The molecule has 0 bridgehead atoms. The number of nitrogens with one attached hydrogen (secondary N) is 2. The van der Waals surface area contributed by atoms with E-state index >= 15 is 0 Å². The zero-order valence-electron chi connectivity index (χ0n) is 14.2. The standard InChI is InChI=1S/C17H27N3O2.ClH/c1-4-11-18-12-13-19-16(21)14-7-9-15(10-8-14)17(22)20(5-2)6-3;/h7-10,18H,4-6,11-13H2,1-3H3,(H,19,21);1H. The van der Waals surface area contributed by atoms with Crippen LogP contribution in [0.1, 0.15) is 47.9 Å². The molecule has 0 unspecified atom stereocenters. The number of halogens is 1. The van der Waals surface area contributed by atoms with Gasteiger partial charge in [-0.1, -0.05) is 6.92 Å². The predicted molar refractivity (Wildman–Crippen MR) is 96.4 cm³/mol. The molecular weight excluding hydrogens is 314 g/mol. The molecule has 0 heterocycles. The highest BCUT2D eigenvalue weighted by Crippen LogP contribution is 2.08. The fourth-order valence-corrected chi connectivity index (χ4v) is 2.13. The lowest BCUT2D eigenvalue weighted by Crippen LogP contribution is -2.32. The molecule has 0 radical (unpaired) electrons. The summed E-state index contributed by atoms with van der Waals surface area (Å²) in [5.41, 5.74) is 1.19. The summed E-state index contributed by atoms with van der Waals surface area (Å²) in [6.07, 6.45) is 1.08. The number of carbonyl (C=O) groups is 2. The largest absolute Gasteiger partial charge is 0.351 e. The van der Waals surface area contributed by atoms with Crippen molar-refractivity contribution in [2.24, 2.45) is 0 Å². The van der Waals surface area contributed by atoms with Gasteiger partial charge in [0, 0.05) is 37.3 Å². The zero-order chi connectivity index (χ0) is 16.4. The first-order valence-corrected chi connectivity index (χ1v) is 8.02. The van der Waals surface area contributed by atoms with Crippen LogP contribution >= 0.6 is 12.4 Å². The van der Waals surface area contributed by atoms with Gasteiger partial charge in [-0.25, -0.2) is 0 Å². The third kappa shape index (κ3) is 7.01. The minimum Gasteiger partial charge on any atom is -0.351 e. The van der Waals surface area contributed by atoms with Crippen molar-refractivity contribution in [3.05, 3.63) is 35.4 Å². The summed E-state index contributed by atoms with van der Waals surface area (Å²) in [6.45, 7) is 9.69. The third-order valence-corrected chi connectivity index (χ3v) is 3.46. The summed E-state index contributed by atoms with van der Waals surface area (Å²) >= 11 is 0. The molecule has 1 rings (SSSR count). The van der Waals surface area contributed by atoms with E-state index in [4.69, 9.17) is 0 Å². The first-order valence-electron chi connectivity index (χ1n) is 8.02. The molecule has 0 atom stereocenters. The minimum absolute atomic E-state index is 0. The second kappa shape index (κ2) is 11.9. The molecular formula is C17H28ClN3O2. The molecule has 0 saturated heterocycles.